The molecule has 112 valence electrons. The molecule has 1 heterocycles. The Labute approximate surface area is 128 Å². The van der Waals surface area contributed by atoms with Gasteiger partial charge in [0.2, 0.25) is 11.8 Å². The molecule has 0 saturated heterocycles. The van der Waals surface area contributed by atoms with Gasteiger partial charge in [-0.2, -0.15) is 0 Å². The van der Waals surface area contributed by atoms with E-state index in [0.717, 1.165) is 18.4 Å². The molecule has 5 nitrogen and oxygen atoms in total. The Morgan fingerprint density at radius 2 is 2.14 bits per heavy atom. The Kier molecular flexibility index (Phi) is 4.24. The van der Waals surface area contributed by atoms with Crippen LogP contribution < -0.4 is 0 Å². The fraction of sp³-hybridized carbons (Fsp3) is 0.467. The van der Waals surface area contributed by atoms with Crippen molar-refractivity contribution in [3.8, 4) is 11.5 Å². The van der Waals surface area contributed by atoms with Gasteiger partial charge in [-0.25, -0.2) is 0 Å². The minimum atomic E-state index is -0.263. The van der Waals surface area contributed by atoms with Crippen LogP contribution in [0.3, 0.4) is 0 Å². The van der Waals surface area contributed by atoms with Gasteiger partial charge in [-0.1, -0.05) is 23.7 Å². The molecule has 1 aliphatic carbocycles. The van der Waals surface area contributed by atoms with Crippen molar-refractivity contribution in [2.24, 2.45) is 5.92 Å². The standard InChI is InChI=1S/C15H18ClN3O2/c1-19(8-13(20)10-6-7-10)9-14-17-18-15(21-14)11-4-2-3-5-12(11)16/h2-5,10,13,20H,6-9H2,1H3. The van der Waals surface area contributed by atoms with Crippen LogP contribution in [0.15, 0.2) is 28.7 Å². The molecule has 0 radical (unpaired) electrons. The summed E-state index contributed by atoms with van der Waals surface area (Å²) in [6, 6.07) is 7.37. The van der Waals surface area contributed by atoms with Crippen molar-refractivity contribution in [3.05, 3.63) is 35.2 Å². The van der Waals surface area contributed by atoms with Gasteiger partial charge in [0.15, 0.2) is 0 Å². The predicted octanol–water partition coefficient (Wildman–Crippen LogP) is 2.59. The van der Waals surface area contributed by atoms with Gasteiger partial charge < -0.3 is 9.52 Å². The maximum absolute atomic E-state index is 9.93. The van der Waals surface area contributed by atoms with E-state index >= 15 is 0 Å². The van der Waals surface area contributed by atoms with Crippen LogP contribution in [-0.4, -0.2) is 39.9 Å². The predicted molar refractivity (Wildman–Crippen MR) is 79.8 cm³/mol. The van der Waals surface area contributed by atoms with Crippen molar-refractivity contribution < 1.29 is 9.52 Å². The highest BCUT2D eigenvalue weighted by atomic mass is 35.5. The molecule has 1 fully saturated rings. The number of aliphatic hydroxyl groups excluding tert-OH is 1. The van der Waals surface area contributed by atoms with E-state index in [1.54, 1.807) is 6.07 Å². The van der Waals surface area contributed by atoms with Crippen LogP contribution in [0.5, 0.6) is 0 Å². The summed E-state index contributed by atoms with van der Waals surface area (Å²) in [5, 5.41) is 18.6. The minimum absolute atomic E-state index is 0.263. The molecule has 6 heteroatoms. The zero-order valence-corrected chi connectivity index (χ0v) is 12.6. The zero-order valence-electron chi connectivity index (χ0n) is 11.9. The van der Waals surface area contributed by atoms with Crippen molar-refractivity contribution in [2.45, 2.75) is 25.5 Å². The summed E-state index contributed by atoms with van der Waals surface area (Å²) >= 11 is 6.11. The Bertz CT molecular complexity index is 612. The Morgan fingerprint density at radius 3 is 2.86 bits per heavy atom. The summed E-state index contributed by atoms with van der Waals surface area (Å²) < 4.78 is 5.65. The number of aromatic nitrogens is 2. The van der Waals surface area contributed by atoms with E-state index in [1.807, 2.05) is 30.1 Å². The molecule has 0 amide bonds. The second kappa shape index (κ2) is 6.13. The maximum atomic E-state index is 9.93. The van der Waals surface area contributed by atoms with Crippen molar-refractivity contribution in [1.29, 1.82) is 0 Å². The Morgan fingerprint density at radius 1 is 1.38 bits per heavy atom. The molecule has 1 aromatic heterocycles. The first-order valence-electron chi connectivity index (χ1n) is 7.07. The summed E-state index contributed by atoms with van der Waals surface area (Å²) in [7, 11) is 1.94. The summed E-state index contributed by atoms with van der Waals surface area (Å²) in [6.45, 7) is 1.13. The normalized spacial score (nSPS) is 16.4. The highest BCUT2D eigenvalue weighted by molar-refractivity contribution is 6.33. The van der Waals surface area contributed by atoms with Gasteiger partial charge in [0.1, 0.15) is 0 Å². The number of halogens is 1. The highest BCUT2D eigenvalue weighted by Gasteiger charge is 2.30. The summed E-state index contributed by atoms with van der Waals surface area (Å²) in [5.74, 6) is 1.41. The Hall–Kier alpha value is -1.43. The molecule has 1 aliphatic rings. The van der Waals surface area contributed by atoms with E-state index in [-0.39, 0.29) is 6.10 Å². The number of hydrogen-bond acceptors (Lipinski definition) is 5. The van der Waals surface area contributed by atoms with Crippen LogP contribution in [-0.2, 0) is 6.54 Å². The number of benzene rings is 1. The first-order chi connectivity index (χ1) is 10.1. The molecular weight excluding hydrogens is 290 g/mol. The number of rotatable bonds is 6. The third kappa shape index (κ3) is 3.61. The summed E-state index contributed by atoms with van der Waals surface area (Å²) in [6.07, 6.45) is 2.00. The van der Waals surface area contributed by atoms with Gasteiger partial charge in [-0.3, -0.25) is 4.90 Å². The minimum Gasteiger partial charge on any atom is -0.419 e. The van der Waals surface area contributed by atoms with E-state index in [1.165, 1.54) is 0 Å². The second-order valence-corrected chi connectivity index (χ2v) is 5.99. The lowest BCUT2D eigenvalue weighted by Crippen LogP contribution is -2.30. The SMILES string of the molecule is CN(Cc1nnc(-c2ccccc2Cl)o1)CC(O)C1CC1. The molecule has 21 heavy (non-hydrogen) atoms. The molecule has 0 bridgehead atoms. The average Bonchev–Trinajstić information content (AvgIpc) is 3.21. The fourth-order valence-corrected chi connectivity index (χ4v) is 2.52. The molecule has 1 unspecified atom stereocenters. The first-order valence-corrected chi connectivity index (χ1v) is 7.45. The van der Waals surface area contributed by atoms with Gasteiger partial charge in [-0.15, -0.1) is 10.2 Å². The van der Waals surface area contributed by atoms with Gasteiger partial charge >= 0.3 is 0 Å². The van der Waals surface area contributed by atoms with E-state index in [4.69, 9.17) is 16.0 Å². The van der Waals surface area contributed by atoms with Crippen LogP contribution in [0, 0.1) is 5.92 Å². The van der Waals surface area contributed by atoms with Crippen molar-refractivity contribution in [2.75, 3.05) is 13.6 Å². The zero-order chi connectivity index (χ0) is 14.8. The fourth-order valence-electron chi connectivity index (χ4n) is 2.31. The second-order valence-electron chi connectivity index (χ2n) is 5.58. The quantitative estimate of drug-likeness (QED) is 0.889. The van der Waals surface area contributed by atoms with Crippen LogP contribution in [0.4, 0.5) is 0 Å². The third-order valence-electron chi connectivity index (χ3n) is 3.64. The third-order valence-corrected chi connectivity index (χ3v) is 3.97. The van der Waals surface area contributed by atoms with Crippen molar-refractivity contribution >= 4 is 11.6 Å². The number of likely N-dealkylation sites (N-methyl/N-ethyl adjacent to an activating group) is 1. The molecule has 1 atom stereocenters. The molecule has 0 spiro atoms. The van der Waals surface area contributed by atoms with Crippen LogP contribution >= 0.6 is 11.6 Å². The lowest BCUT2D eigenvalue weighted by Gasteiger charge is -2.18. The largest absolute Gasteiger partial charge is 0.419 e. The van der Waals surface area contributed by atoms with Gasteiger partial charge in [-0.05, 0) is 37.9 Å². The number of hydrogen-bond donors (Lipinski definition) is 1. The highest BCUT2D eigenvalue weighted by Crippen LogP contribution is 2.33. The van der Waals surface area contributed by atoms with Gasteiger partial charge in [0, 0.05) is 6.54 Å². The molecule has 1 aromatic carbocycles. The first kappa shape index (κ1) is 14.5. The summed E-state index contributed by atoms with van der Waals surface area (Å²) in [5.41, 5.74) is 0.735. The summed E-state index contributed by atoms with van der Waals surface area (Å²) in [4.78, 5) is 1.99. The smallest absolute Gasteiger partial charge is 0.249 e. The molecule has 1 saturated carbocycles. The van der Waals surface area contributed by atoms with Gasteiger partial charge in [0.25, 0.3) is 0 Å². The van der Waals surface area contributed by atoms with E-state index in [9.17, 15) is 5.11 Å². The number of nitrogens with zero attached hydrogens (tertiary/aromatic N) is 3. The molecule has 0 aliphatic heterocycles. The van der Waals surface area contributed by atoms with Gasteiger partial charge in [0.05, 0.1) is 23.2 Å². The van der Waals surface area contributed by atoms with Crippen molar-refractivity contribution in [3.63, 3.8) is 0 Å². The van der Waals surface area contributed by atoms with E-state index < -0.39 is 0 Å². The Balaban J connectivity index is 1.63. The van der Waals surface area contributed by atoms with Crippen molar-refractivity contribution in [1.82, 2.24) is 15.1 Å². The molecule has 3 rings (SSSR count). The monoisotopic (exact) mass is 307 g/mol. The van der Waals surface area contributed by atoms with Crippen LogP contribution in [0.1, 0.15) is 18.7 Å². The average molecular weight is 308 g/mol. The van der Waals surface area contributed by atoms with E-state index in [2.05, 4.69) is 10.2 Å². The maximum Gasteiger partial charge on any atom is 0.249 e. The molecular formula is C15H18ClN3O2. The lowest BCUT2D eigenvalue weighted by molar-refractivity contribution is 0.100. The number of aliphatic hydroxyl groups is 1. The topological polar surface area (TPSA) is 62.4 Å². The van der Waals surface area contributed by atoms with Crippen LogP contribution in [0.2, 0.25) is 5.02 Å². The molecule has 1 N–H and O–H groups in total. The molecule has 2 aromatic rings. The van der Waals surface area contributed by atoms with Crippen LogP contribution in [0.25, 0.3) is 11.5 Å². The lowest BCUT2D eigenvalue weighted by atomic mass is 10.2. The van der Waals surface area contributed by atoms with E-state index in [0.29, 0.717) is 35.8 Å².